The maximum Gasteiger partial charge on any atom is 0.231 e. The molecule has 112 valence electrons. The summed E-state index contributed by atoms with van der Waals surface area (Å²) in [7, 11) is 0. The predicted molar refractivity (Wildman–Crippen MR) is 87.2 cm³/mol. The minimum Gasteiger partial charge on any atom is -0.396 e. The normalized spacial score (nSPS) is 21.3. The maximum atomic E-state index is 12.2. The van der Waals surface area contributed by atoms with Gasteiger partial charge >= 0.3 is 0 Å². The Balaban J connectivity index is 0.00000200. The Morgan fingerprint density at radius 1 is 1.60 bits per heavy atom. The molecular formula is C14H21IN2O3. The van der Waals surface area contributed by atoms with Crippen LogP contribution in [0.5, 0.6) is 0 Å². The molecular weight excluding hydrogens is 371 g/mol. The van der Waals surface area contributed by atoms with Crippen LogP contribution in [0.3, 0.4) is 0 Å². The summed E-state index contributed by atoms with van der Waals surface area (Å²) >= 11 is 0. The van der Waals surface area contributed by atoms with Crippen molar-refractivity contribution in [3.8, 4) is 0 Å². The Morgan fingerprint density at radius 2 is 2.40 bits per heavy atom. The molecule has 0 radical (unpaired) electrons. The number of carbonyl (C=O) groups excluding carboxylic acids is 1. The first-order chi connectivity index (χ1) is 9.24. The summed E-state index contributed by atoms with van der Waals surface area (Å²) in [6.45, 7) is 2.76. The van der Waals surface area contributed by atoms with Gasteiger partial charge in [-0.1, -0.05) is 6.92 Å². The lowest BCUT2D eigenvalue weighted by Crippen LogP contribution is -2.29. The number of rotatable bonds is 5. The lowest BCUT2D eigenvalue weighted by atomic mass is 9.99. The fraction of sp³-hybridized carbons (Fsp3) is 0.571. The van der Waals surface area contributed by atoms with Gasteiger partial charge in [0.25, 0.3) is 0 Å². The van der Waals surface area contributed by atoms with E-state index in [0.29, 0.717) is 18.8 Å². The Hall–Kier alpha value is -0.730. The second kappa shape index (κ2) is 8.53. The molecule has 0 spiro atoms. The minimum absolute atomic E-state index is 0. The van der Waals surface area contributed by atoms with Crippen LogP contribution in [-0.2, 0) is 16.0 Å². The molecule has 2 rings (SSSR count). The number of aromatic nitrogens is 1. The van der Waals surface area contributed by atoms with Crippen LogP contribution in [0.4, 0.5) is 5.82 Å². The SMILES string of the molecule is CC[C@@H]1OCC[C@H]1C(=O)Nc1cc(CCO)ccn1.I. The Kier molecular flexibility index (Phi) is 7.39. The number of carbonyl (C=O) groups is 1. The fourth-order valence-electron chi connectivity index (χ4n) is 2.40. The monoisotopic (exact) mass is 392 g/mol. The Morgan fingerprint density at radius 3 is 3.10 bits per heavy atom. The van der Waals surface area contributed by atoms with Crippen LogP contribution < -0.4 is 5.32 Å². The number of nitrogens with zero attached hydrogens (tertiary/aromatic N) is 1. The first-order valence-electron chi connectivity index (χ1n) is 6.73. The van der Waals surface area contributed by atoms with E-state index in [0.717, 1.165) is 18.4 Å². The number of ether oxygens (including phenoxy) is 1. The molecule has 2 atom stereocenters. The number of aliphatic hydroxyl groups is 1. The average Bonchev–Trinajstić information content (AvgIpc) is 2.88. The largest absolute Gasteiger partial charge is 0.396 e. The van der Waals surface area contributed by atoms with Crippen LogP contribution >= 0.6 is 24.0 Å². The van der Waals surface area contributed by atoms with Gasteiger partial charge in [-0.05, 0) is 37.0 Å². The molecule has 0 aromatic carbocycles. The first-order valence-corrected chi connectivity index (χ1v) is 6.73. The molecule has 0 unspecified atom stereocenters. The van der Waals surface area contributed by atoms with Crippen LogP contribution in [0.15, 0.2) is 18.3 Å². The van der Waals surface area contributed by atoms with E-state index in [4.69, 9.17) is 9.84 Å². The van der Waals surface area contributed by atoms with Gasteiger partial charge in [0.05, 0.1) is 12.0 Å². The summed E-state index contributed by atoms with van der Waals surface area (Å²) in [5, 5.41) is 11.7. The number of anilines is 1. The molecule has 1 aliphatic heterocycles. The number of hydrogen-bond donors (Lipinski definition) is 2. The predicted octanol–water partition coefficient (Wildman–Crippen LogP) is 1.99. The third-order valence-electron chi connectivity index (χ3n) is 3.42. The van der Waals surface area contributed by atoms with Gasteiger partial charge in [-0.3, -0.25) is 4.79 Å². The smallest absolute Gasteiger partial charge is 0.231 e. The van der Waals surface area contributed by atoms with Gasteiger partial charge in [0, 0.05) is 19.4 Å². The van der Waals surface area contributed by atoms with Crippen LogP contribution in [0.2, 0.25) is 0 Å². The van der Waals surface area contributed by atoms with Gasteiger partial charge in [-0.2, -0.15) is 0 Å². The molecule has 6 heteroatoms. The topological polar surface area (TPSA) is 71.5 Å². The molecule has 1 aliphatic rings. The zero-order chi connectivity index (χ0) is 13.7. The summed E-state index contributed by atoms with van der Waals surface area (Å²) in [5.74, 6) is 0.420. The average molecular weight is 392 g/mol. The van der Waals surface area contributed by atoms with Gasteiger partial charge in [0.1, 0.15) is 5.82 Å². The highest BCUT2D eigenvalue weighted by Gasteiger charge is 2.32. The highest BCUT2D eigenvalue weighted by Crippen LogP contribution is 2.24. The van der Waals surface area contributed by atoms with E-state index in [2.05, 4.69) is 10.3 Å². The van der Waals surface area contributed by atoms with E-state index in [1.165, 1.54) is 0 Å². The third kappa shape index (κ3) is 4.39. The van der Waals surface area contributed by atoms with Crippen molar-refractivity contribution in [2.45, 2.75) is 32.3 Å². The summed E-state index contributed by atoms with van der Waals surface area (Å²) in [6, 6.07) is 3.63. The van der Waals surface area contributed by atoms with Crippen molar-refractivity contribution < 1.29 is 14.6 Å². The fourth-order valence-corrected chi connectivity index (χ4v) is 2.40. The second-order valence-corrected chi connectivity index (χ2v) is 4.72. The highest BCUT2D eigenvalue weighted by molar-refractivity contribution is 14.0. The molecule has 2 heterocycles. The molecule has 2 N–H and O–H groups in total. The Labute approximate surface area is 136 Å². The van der Waals surface area contributed by atoms with Crippen LogP contribution in [0.25, 0.3) is 0 Å². The summed E-state index contributed by atoms with van der Waals surface area (Å²) < 4.78 is 5.52. The van der Waals surface area contributed by atoms with Crippen molar-refractivity contribution in [3.63, 3.8) is 0 Å². The second-order valence-electron chi connectivity index (χ2n) is 4.72. The molecule has 5 nitrogen and oxygen atoms in total. The summed E-state index contributed by atoms with van der Waals surface area (Å²) in [5.41, 5.74) is 0.961. The van der Waals surface area contributed by atoms with E-state index in [1.54, 1.807) is 12.3 Å². The molecule has 1 aromatic rings. The van der Waals surface area contributed by atoms with Crippen LogP contribution in [0, 0.1) is 5.92 Å². The van der Waals surface area contributed by atoms with E-state index < -0.39 is 0 Å². The number of halogens is 1. The van der Waals surface area contributed by atoms with E-state index in [1.807, 2.05) is 13.0 Å². The zero-order valence-electron chi connectivity index (χ0n) is 11.5. The van der Waals surface area contributed by atoms with Crippen molar-refractivity contribution in [3.05, 3.63) is 23.9 Å². The van der Waals surface area contributed by atoms with Gasteiger partial charge in [-0.15, -0.1) is 24.0 Å². The van der Waals surface area contributed by atoms with Gasteiger partial charge < -0.3 is 15.2 Å². The molecule has 0 saturated carbocycles. The van der Waals surface area contributed by atoms with E-state index in [9.17, 15) is 4.79 Å². The van der Waals surface area contributed by atoms with Gasteiger partial charge in [0.15, 0.2) is 0 Å². The zero-order valence-corrected chi connectivity index (χ0v) is 13.9. The lowest BCUT2D eigenvalue weighted by molar-refractivity contribution is -0.121. The standard InChI is InChI=1S/C14H20N2O3.HI/c1-2-12-11(5-8-19-12)14(18)16-13-9-10(4-7-17)3-6-15-13;/h3,6,9,11-12,17H,2,4-5,7-8H2,1H3,(H,15,16,18);1H/t11-,12+;/m1./s1. The summed E-state index contributed by atoms with van der Waals surface area (Å²) in [6.07, 6.45) is 3.83. The number of amides is 1. The van der Waals surface area contributed by atoms with Crippen molar-refractivity contribution >= 4 is 35.7 Å². The summed E-state index contributed by atoms with van der Waals surface area (Å²) in [4.78, 5) is 16.3. The number of pyridine rings is 1. The molecule has 1 aromatic heterocycles. The highest BCUT2D eigenvalue weighted by atomic mass is 127. The van der Waals surface area contributed by atoms with Crippen molar-refractivity contribution in [2.24, 2.45) is 5.92 Å². The van der Waals surface area contributed by atoms with E-state index >= 15 is 0 Å². The lowest BCUT2D eigenvalue weighted by Gasteiger charge is -2.16. The number of nitrogens with one attached hydrogen (secondary N) is 1. The van der Waals surface area contributed by atoms with Crippen LogP contribution in [-0.4, -0.2) is 35.3 Å². The number of aliphatic hydroxyl groups excluding tert-OH is 1. The van der Waals surface area contributed by atoms with Gasteiger partial charge in [0.2, 0.25) is 5.91 Å². The van der Waals surface area contributed by atoms with Crippen LogP contribution in [0.1, 0.15) is 25.3 Å². The molecule has 1 amide bonds. The van der Waals surface area contributed by atoms with E-state index in [-0.39, 0.29) is 48.5 Å². The molecule has 0 aliphatic carbocycles. The molecule has 1 saturated heterocycles. The maximum absolute atomic E-state index is 12.2. The van der Waals surface area contributed by atoms with Gasteiger partial charge in [-0.25, -0.2) is 4.98 Å². The van der Waals surface area contributed by atoms with Crippen molar-refractivity contribution in [2.75, 3.05) is 18.5 Å². The quantitative estimate of drug-likeness (QED) is 0.752. The third-order valence-corrected chi connectivity index (χ3v) is 3.42. The first kappa shape index (κ1) is 17.3. The van der Waals surface area contributed by atoms with Crippen molar-refractivity contribution in [1.29, 1.82) is 0 Å². The number of hydrogen-bond acceptors (Lipinski definition) is 4. The van der Waals surface area contributed by atoms with Crippen molar-refractivity contribution in [1.82, 2.24) is 4.98 Å². The molecule has 0 bridgehead atoms. The minimum atomic E-state index is -0.0895. The molecule has 1 fully saturated rings. The molecule has 20 heavy (non-hydrogen) atoms. The Bertz CT molecular complexity index is 442.